The lowest BCUT2D eigenvalue weighted by Gasteiger charge is -2.33. The van der Waals surface area contributed by atoms with E-state index in [0.29, 0.717) is 12.6 Å². The van der Waals surface area contributed by atoms with Gasteiger partial charge in [-0.05, 0) is 39.2 Å². The number of piperidine rings is 1. The molecule has 0 spiro atoms. The van der Waals surface area contributed by atoms with Gasteiger partial charge in [-0.3, -0.25) is 14.5 Å². The molecule has 1 aliphatic carbocycles. The van der Waals surface area contributed by atoms with E-state index >= 15 is 0 Å². The molecule has 4 heteroatoms. The Morgan fingerprint density at radius 3 is 2.30 bits per heavy atom. The first-order valence-electron chi connectivity index (χ1n) is 8.20. The number of Topliss-reactive ketones (excluding diaryl/α,β-unsaturated/α-hetero) is 1. The summed E-state index contributed by atoms with van der Waals surface area (Å²) in [6.45, 7) is 2.91. The van der Waals surface area contributed by atoms with E-state index in [-0.39, 0.29) is 17.7 Å². The second-order valence-corrected chi connectivity index (χ2v) is 6.35. The predicted molar refractivity (Wildman–Crippen MR) is 79.5 cm³/mol. The molecule has 1 saturated carbocycles. The monoisotopic (exact) mass is 280 g/mol. The number of nitrogens with one attached hydrogen (secondary N) is 1. The van der Waals surface area contributed by atoms with Crippen molar-refractivity contribution in [3.8, 4) is 0 Å². The maximum absolute atomic E-state index is 12.2. The lowest BCUT2D eigenvalue weighted by atomic mass is 9.99. The van der Waals surface area contributed by atoms with Gasteiger partial charge in [-0.2, -0.15) is 0 Å². The van der Waals surface area contributed by atoms with Crippen molar-refractivity contribution in [3.05, 3.63) is 0 Å². The maximum Gasteiger partial charge on any atom is 0.234 e. The van der Waals surface area contributed by atoms with Crippen LogP contribution in [-0.2, 0) is 9.59 Å². The quantitative estimate of drug-likeness (QED) is 0.804. The van der Waals surface area contributed by atoms with Crippen molar-refractivity contribution < 1.29 is 9.59 Å². The summed E-state index contributed by atoms with van der Waals surface area (Å²) in [5.41, 5.74) is 0. The molecule has 1 aliphatic heterocycles. The van der Waals surface area contributed by atoms with E-state index in [2.05, 4.69) is 10.2 Å². The Morgan fingerprint density at radius 1 is 1.00 bits per heavy atom. The topological polar surface area (TPSA) is 49.4 Å². The highest BCUT2D eigenvalue weighted by Crippen LogP contribution is 2.19. The molecule has 1 atom stereocenters. The van der Waals surface area contributed by atoms with Gasteiger partial charge in [0, 0.05) is 6.04 Å². The number of ketones is 1. The number of amides is 1. The standard InChI is InChI=1S/C16H28N2O2/c1-13(19)15-10-6-7-11-18(15)12-16(20)17-14-8-4-2-3-5-9-14/h14-15H,2-12H2,1H3,(H,17,20). The Balaban J connectivity index is 1.81. The van der Waals surface area contributed by atoms with Crippen LogP contribution in [0.25, 0.3) is 0 Å². The third-order valence-corrected chi connectivity index (χ3v) is 4.65. The molecular weight excluding hydrogens is 252 g/mol. The number of likely N-dealkylation sites (tertiary alicyclic amines) is 1. The van der Waals surface area contributed by atoms with Crippen LogP contribution in [0, 0.1) is 0 Å². The molecule has 20 heavy (non-hydrogen) atoms. The third kappa shape index (κ3) is 4.58. The van der Waals surface area contributed by atoms with Crippen molar-refractivity contribution in [2.24, 2.45) is 0 Å². The molecular formula is C16H28N2O2. The second-order valence-electron chi connectivity index (χ2n) is 6.35. The zero-order chi connectivity index (χ0) is 14.4. The van der Waals surface area contributed by atoms with Gasteiger partial charge in [0.2, 0.25) is 5.91 Å². The smallest absolute Gasteiger partial charge is 0.234 e. The number of hydrogen-bond acceptors (Lipinski definition) is 3. The van der Waals surface area contributed by atoms with Crippen molar-refractivity contribution in [2.75, 3.05) is 13.1 Å². The molecule has 1 heterocycles. The van der Waals surface area contributed by atoms with E-state index in [1.54, 1.807) is 6.92 Å². The van der Waals surface area contributed by atoms with Gasteiger partial charge in [0.15, 0.2) is 0 Å². The first-order valence-corrected chi connectivity index (χ1v) is 8.20. The lowest BCUT2D eigenvalue weighted by molar-refractivity contribution is -0.127. The molecule has 0 aromatic carbocycles. The van der Waals surface area contributed by atoms with Crippen LogP contribution in [0.4, 0.5) is 0 Å². The van der Waals surface area contributed by atoms with Crippen LogP contribution >= 0.6 is 0 Å². The van der Waals surface area contributed by atoms with Crippen LogP contribution in [0.3, 0.4) is 0 Å². The Labute approximate surface area is 122 Å². The average molecular weight is 280 g/mol. The molecule has 2 fully saturated rings. The van der Waals surface area contributed by atoms with Gasteiger partial charge in [-0.1, -0.05) is 32.1 Å². The number of carbonyl (C=O) groups is 2. The molecule has 1 amide bonds. The van der Waals surface area contributed by atoms with E-state index in [0.717, 1.165) is 38.6 Å². The first kappa shape index (κ1) is 15.5. The fourth-order valence-electron chi connectivity index (χ4n) is 3.52. The summed E-state index contributed by atoms with van der Waals surface area (Å²) in [6.07, 6.45) is 10.4. The van der Waals surface area contributed by atoms with Crippen LogP contribution in [0.5, 0.6) is 0 Å². The Kier molecular flexibility index (Phi) is 6.02. The zero-order valence-electron chi connectivity index (χ0n) is 12.7. The molecule has 0 aromatic heterocycles. The number of hydrogen-bond donors (Lipinski definition) is 1. The van der Waals surface area contributed by atoms with Crippen molar-refractivity contribution in [1.29, 1.82) is 0 Å². The predicted octanol–water partition coefficient (Wildman–Crippen LogP) is 2.27. The second kappa shape index (κ2) is 7.77. The van der Waals surface area contributed by atoms with Gasteiger partial charge in [0.05, 0.1) is 12.6 Å². The molecule has 1 unspecified atom stereocenters. The molecule has 0 bridgehead atoms. The van der Waals surface area contributed by atoms with Gasteiger partial charge < -0.3 is 5.32 Å². The van der Waals surface area contributed by atoms with Crippen LogP contribution < -0.4 is 5.32 Å². The highest BCUT2D eigenvalue weighted by atomic mass is 16.2. The Bertz CT molecular complexity index is 335. The summed E-state index contributed by atoms with van der Waals surface area (Å²) in [5.74, 6) is 0.303. The van der Waals surface area contributed by atoms with Crippen LogP contribution in [0.15, 0.2) is 0 Å². The SMILES string of the molecule is CC(=O)C1CCCCN1CC(=O)NC1CCCCCC1. The largest absolute Gasteiger partial charge is 0.352 e. The summed E-state index contributed by atoms with van der Waals surface area (Å²) in [5, 5.41) is 3.17. The van der Waals surface area contributed by atoms with Gasteiger partial charge in [-0.15, -0.1) is 0 Å². The molecule has 1 saturated heterocycles. The normalized spacial score (nSPS) is 25.9. The molecule has 4 nitrogen and oxygen atoms in total. The number of nitrogens with zero attached hydrogens (tertiary/aromatic N) is 1. The Hall–Kier alpha value is -0.900. The molecule has 114 valence electrons. The fourth-order valence-corrected chi connectivity index (χ4v) is 3.52. The fraction of sp³-hybridized carbons (Fsp3) is 0.875. The van der Waals surface area contributed by atoms with Crippen LogP contribution in [0.2, 0.25) is 0 Å². The summed E-state index contributed by atoms with van der Waals surface area (Å²) in [4.78, 5) is 25.9. The summed E-state index contributed by atoms with van der Waals surface area (Å²) in [6, 6.07) is 0.314. The van der Waals surface area contributed by atoms with Crippen LogP contribution in [0.1, 0.15) is 64.7 Å². The van der Waals surface area contributed by atoms with Gasteiger partial charge in [0.25, 0.3) is 0 Å². The molecule has 2 rings (SSSR count). The minimum Gasteiger partial charge on any atom is -0.352 e. The average Bonchev–Trinajstić information content (AvgIpc) is 2.67. The lowest BCUT2D eigenvalue weighted by Crippen LogP contribution is -2.49. The van der Waals surface area contributed by atoms with Crippen molar-refractivity contribution >= 4 is 11.7 Å². The maximum atomic E-state index is 12.2. The first-order chi connectivity index (χ1) is 9.66. The molecule has 2 aliphatic rings. The van der Waals surface area contributed by atoms with E-state index in [9.17, 15) is 9.59 Å². The molecule has 0 aromatic rings. The van der Waals surface area contributed by atoms with Gasteiger partial charge in [0.1, 0.15) is 5.78 Å². The van der Waals surface area contributed by atoms with Gasteiger partial charge >= 0.3 is 0 Å². The number of carbonyl (C=O) groups excluding carboxylic acids is 2. The van der Waals surface area contributed by atoms with Crippen molar-refractivity contribution in [3.63, 3.8) is 0 Å². The van der Waals surface area contributed by atoms with Crippen molar-refractivity contribution in [1.82, 2.24) is 10.2 Å². The summed E-state index contributed by atoms with van der Waals surface area (Å²) >= 11 is 0. The van der Waals surface area contributed by atoms with Crippen LogP contribution in [-0.4, -0.2) is 41.8 Å². The molecule has 0 radical (unpaired) electrons. The molecule has 1 N–H and O–H groups in total. The van der Waals surface area contributed by atoms with E-state index in [1.165, 1.54) is 25.7 Å². The third-order valence-electron chi connectivity index (χ3n) is 4.65. The zero-order valence-corrected chi connectivity index (χ0v) is 12.7. The minimum atomic E-state index is -0.0383. The highest BCUT2D eigenvalue weighted by molar-refractivity contribution is 5.83. The number of rotatable bonds is 4. The summed E-state index contributed by atoms with van der Waals surface area (Å²) < 4.78 is 0. The Morgan fingerprint density at radius 2 is 1.65 bits per heavy atom. The van der Waals surface area contributed by atoms with Crippen molar-refractivity contribution in [2.45, 2.75) is 76.8 Å². The summed E-state index contributed by atoms with van der Waals surface area (Å²) in [7, 11) is 0. The minimum absolute atomic E-state index is 0.0383. The van der Waals surface area contributed by atoms with E-state index < -0.39 is 0 Å². The highest BCUT2D eigenvalue weighted by Gasteiger charge is 2.27. The van der Waals surface area contributed by atoms with Gasteiger partial charge in [-0.25, -0.2) is 0 Å². The van der Waals surface area contributed by atoms with E-state index in [4.69, 9.17) is 0 Å². The van der Waals surface area contributed by atoms with E-state index in [1.807, 2.05) is 0 Å².